The fourth-order valence-corrected chi connectivity index (χ4v) is 1.06. The summed E-state index contributed by atoms with van der Waals surface area (Å²) in [4.78, 5) is 10.2. The Morgan fingerprint density at radius 3 is 2.60 bits per heavy atom. The minimum absolute atomic E-state index is 0.177. The molecule has 0 amide bonds. The lowest BCUT2D eigenvalue weighted by atomic mass is 10.2. The third kappa shape index (κ3) is 4.72. The largest absolute Gasteiger partial charge is 0.481 e. The van der Waals surface area contributed by atoms with E-state index in [0.29, 0.717) is 18.5 Å². The Labute approximate surface area is 88.9 Å². The van der Waals surface area contributed by atoms with E-state index >= 15 is 0 Å². The normalized spacial score (nSPS) is 9.07. The molecule has 3 heteroatoms. The van der Waals surface area contributed by atoms with Gasteiger partial charge in [-0.2, -0.15) is 0 Å². The zero-order valence-electron chi connectivity index (χ0n) is 8.36. The molecule has 0 unspecified atom stereocenters. The quantitative estimate of drug-likeness (QED) is 0.448. The summed E-state index contributed by atoms with van der Waals surface area (Å²) in [7, 11) is 0. The van der Waals surface area contributed by atoms with E-state index < -0.39 is 5.97 Å². The van der Waals surface area contributed by atoms with Crippen LogP contribution in [0.2, 0.25) is 0 Å². The Hall–Kier alpha value is -1.95. The Kier molecular flexibility index (Phi) is 4.24. The van der Waals surface area contributed by atoms with Gasteiger partial charge in [0, 0.05) is 24.1 Å². The van der Waals surface area contributed by atoms with E-state index in [0.717, 1.165) is 5.56 Å². The molecule has 0 fully saturated rings. The molecule has 0 saturated heterocycles. The minimum Gasteiger partial charge on any atom is -0.481 e. The van der Waals surface area contributed by atoms with Crippen LogP contribution in [0.4, 0.5) is 5.69 Å². The van der Waals surface area contributed by atoms with Gasteiger partial charge in [0.25, 0.3) is 0 Å². The van der Waals surface area contributed by atoms with Gasteiger partial charge in [0.15, 0.2) is 0 Å². The molecule has 1 rings (SSSR count). The van der Waals surface area contributed by atoms with E-state index in [9.17, 15) is 4.79 Å². The van der Waals surface area contributed by atoms with E-state index in [2.05, 4.69) is 11.8 Å². The summed E-state index contributed by atoms with van der Waals surface area (Å²) in [5.74, 6) is 5.10. The lowest BCUT2D eigenvalue weighted by Crippen LogP contribution is -1.92. The fourth-order valence-electron chi connectivity index (χ4n) is 1.06. The zero-order valence-corrected chi connectivity index (χ0v) is 8.36. The SMILES string of the molecule is Nc1ccc(C#CCCCC(=O)O)cc1. The Bertz CT molecular complexity index is 384. The van der Waals surface area contributed by atoms with Gasteiger partial charge in [-0.3, -0.25) is 4.79 Å². The molecular weight excluding hydrogens is 190 g/mol. The second-order valence-corrected chi connectivity index (χ2v) is 3.17. The summed E-state index contributed by atoms with van der Waals surface area (Å²) in [5.41, 5.74) is 7.14. The van der Waals surface area contributed by atoms with E-state index in [-0.39, 0.29) is 6.42 Å². The van der Waals surface area contributed by atoms with Gasteiger partial charge >= 0.3 is 5.97 Å². The molecule has 0 aromatic heterocycles. The van der Waals surface area contributed by atoms with Crippen LogP contribution in [-0.2, 0) is 4.79 Å². The van der Waals surface area contributed by atoms with Crippen molar-refractivity contribution in [1.82, 2.24) is 0 Å². The Morgan fingerprint density at radius 2 is 2.00 bits per heavy atom. The highest BCUT2D eigenvalue weighted by molar-refractivity contribution is 5.66. The Balaban J connectivity index is 2.38. The zero-order chi connectivity index (χ0) is 11.1. The average Bonchev–Trinajstić information content (AvgIpc) is 2.20. The van der Waals surface area contributed by atoms with Crippen LogP contribution in [0.25, 0.3) is 0 Å². The number of nitrogen functional groups attached to an aromatic ring is 1. The maximum atomic E-state index is 10.2. The van der Waals surface area contributed by atoms with Crippen molar-refractivity contribution in [2.45, 2.75) is 19.3 Å². The van der Waals surface area contributed by atoms with Crippen LogP contribution in [0.1, 0.15) is 24.8 Å². The monoisotopic (exact) mass is 203 g/mol. The third-order valence-corrected chi connectivity index (χ3v) is 1.84. The van der Waals surface area contributed by atoms with E-state index in [1.54, 1.807) is 12.1 Å². The third-order valence-electron chi connectivity index (χ3n) is 1.84. The maximum Gasteiger partial charge on any atom is 0.303 e. The first-order valence-corrected chi connectivity index (χ1v) is 4.74. The molecule has 3 N–H and O–H groups in total. The first kappa shape index (κ1) is 11.1. The summed E-state index contributed by atoms with van der Waals surface area (Å²) in [6.07, 6.45) is 1.38. The van der Waals surface area contributed by atoms with Gasteiger partial charge in [0.05, 0.1) is 0 Å². The molecule has 3 nitrogen and oxygen atoms in total. The lowest BCUT2D eigenvalue weighted by Gasteiger charge is -1.92. The lowest BCUT2D eigenvalue weighted by molar-refractivity contribution is -0.137. The molecule has 1 aromatic carbocycles. The number of carboxylic acids is 1. The van der Waals surface area contributed by atoms with Crippen LogP contribution in [-0.4, -0.2) is 11.1 Å². The smallest absolute Gasteiger partial charge is 0.303 e. The number of benzene rings is 1. The van der Waals surface area contributed by atoms with Gasteiger partial charge in [0.1, 0.15) is 0 Å². The number of unbranched alkanes of at least 4 members (excludes halogenated alkanes) is 1. The summed E-state index contributed by atoms with van der Waals surface area (Å²) < 4.78 is 0. The molecule has 0 heterocycles. The van der Waals surface area contributed by atoms with Crippen molar-refractivity contribution in [3.05, 3.63) is 29.8 Å². The van der Waals surface area contributed by atoms with Crippen LogP contribution in [0, 0.1) is 11.8 Å². The van der Waals surface area contributed by atoms with Crippen molar-refractivity contribution in [2.24, 2.45) is 0 Å². The summed E-state index contributed by atoms with van der Waals surface area (Å²) in [6, 6.07) is 7.28. The molecule has 78 valence electrons. The highest BCUT2D eigenvalue weighted by Gasteiger charge is 1.93. The number of hydrogen-bond donors (Lipinski definition) is 2. The first-order chi connectivity index (χ1) is 7.18. The van der Waals surface area contributed by atoms with Gasteiger partial charge in [0.2, 0.25) is 0 Å². The molecule has 0 aliphatic carbocycles. The predicted molar refractivity (Wildman–Crippen MR) is 59.2 cm³/mol. The van der Waals surface area contributed by atoms with Crippen LogP contribution >= 0.6 is 0 Å². The fraction of sp³-hybridized carbons (Fsp3) is 0.250. The van der Waals surface area contributed by atoms with Gasteiger partial charge < -0.3 is 10.8 Å². The van der Waals surface area contributed by atoms with E-state index in [4.69, 9.17) is 10.8 Å². The van der Waals surface area contributed by atoms with Crippen molar-refractivity contribution >= 4 is 11.7 Å². The van der Waals surface area contributed by atoms with Crippen LogP contribution in [0.3, 0.4) is 0 Å². The summed E-state index contributed by atoms with van der Waals surface area (Å²) in [5, 5.41) is 8.40. The van der Waals surface area contributed by atoms with E-state index in [1.165, 1.54) is 0 Å². The predicted octanol–water partition coefficient (Wildman–Crippen LogP) is 1.88. The number of carbonyl (C=O) groups is 1. The van der Waals surface area contributed by atoms with Crippen LogP contribution < -0.4 is 5.73 Å². The van der Waals surface area contributed by atoms with Crippen molar-refractivity contribution in [3.63, 3.8) is 0 Å². The van der Waals surface area contributed by atoms with Crippen molar-refractivity contribution in [1.29, 1.82) is 0 Å². The number of carboxylic acid groups (broad SMARTS) is 1. The molecule has 1 aromatic rings. The highest BCUT2D eigenvalue weighted by atomic mass is 16.4. The number of rotatable bonds is 3. The van der Waals surface area contributed by atoms with Crippen LogP contribution in [0.5, 0.6) is 0 Å². The van der Waals surface area contributed by atoms with Gasteiger partial charge in [-0.25, -0.2) is 0 Å². The average molecular weight is 203 g/mol. The number of aliphatic carboxylic acids is 1. The molecule has 0 aliphatic heterocycles. The molecule has 0 atom stereocenters. The van der Waals surface area contributed by atoms with E-state index in [1.807, 2.05) is 12.1 Å². The topological polar surface area (TPSA) is 63.3 Å². The molecule has 0 spiro atoms. The number of nitrogens with two attached hydrogens (primary N) is 1. The second kappa shape index (κ2) is 5.71. The summed E-state index contributed by atoms with van der Waals surface area (Å²) >= 11 is 0. The summed E-state index contributed by atoms with van der Waals surface area (Å²) in [6.45, 7) is 0. The number of hydrogen-bond acceptors (Lipinski definition) is 2. The molecular formula is C12H13NO2. The minimum atomic E-state index is -0.774. The molecule has 0 aliphatic rings. The first-order valence-electron chi connectivity index (χ1n) is 4.74. The molecule has 15 heavy (non-hydrogen) atoms. The van der Waals surface area contributed by atoms with Crippen LogP contribution in [0.15, 0.2) is 24.3 Å². The highest BCUT2D eigenvalue weighted by Crippen LogP contribution is 2.03. The van der Waals surface area contributed by atoms with Crippen molar-refractivity contribution in [2.75, 3.05) is 5.73 Å². The van der Waals surface area contributed by atoms with Crippen molar-refractivity contribution < 1.29 is 9.90 Å². The van der Waals surface area contributed by atoms with Gasteiger partial charge in [-0.15, -0.1) is 0 Å². The maximum absolute atomic E-state index is 10.2. The van der Waals surface area contributed by atoms with Gasteiger partial charge in [-0.1, -0.05) is 11.8 Å². The molecule has 0 bridgehead atoms. The Morgan fingerprint density at radius 1 is 1.33 bits per heavy atom. The van der Waals surface area contributed by atoms with Gasteiger partial charge in [-0.05, 0) is 30.7 Å². The van der Waals surface area contributed by atoms with Crippen molar-refractivity contribution in [3.8, 4) is 11.8 Å². The standard InChI is InChI=1S/C12H13NO2/c13-11-8-6-10(7-9-11)4-2-1-3-5-12(14)15/h6-9H,1,3,5,13H2,(H,14,15). The second-order valence-electron chi connectivity index (χ2n) is 3.17. The number of anilines is 1. The molecule has 0 radical (unpaired) electrons. The molecule has 0 saturated carbocycles.